The van der Waals surface area contributed by atoms with Crippen LogP contribution in [0.15, 0.2) is 48.5 Å². The molecule has 0 fully saturated rings. The lowest BCUT2D eigenvalue weighted by Crippen LogP contribution is -1.98. The molecule has 0 spiro atoms. The minimum atomic E-state index is 0.638. The van der Waals surface area contributed by atoms with Gasteiger partial charge >= 0.3 is 0 Å². The van der Waals surface area contributed by atoms with Gasteiger partial charge < -0.3 is 9.47 Å². The van der Waals surface area contributed by atoms with E-state index in [2.05, 4.69) is 157 Å². The maximum Gasteiger partial charge on any atom is 0.0722 e. The predicted octanol–water partition coefficient (Wildman–Crippen LogP) is 17.6. The zero-order valence-corrected chi connectivity index (χ0v) is 43.9. The van der Waals surface area contributed by atoms with Crippen molar-refractivity contribution in [2.45, 2.75) is 233 Å². The van der Waals surface area contributed by atoms with Crippen molar-refractivity contribution in [3.63, 3.8) is 0 Å². The Morgan fingerprint density at radius 2 is 0.571 bits per heavy atom. The fourth-order valence-electron chi connectivity index (χ4n) is 8.06. The summed E-state index contributed by atoms with van der Waals surface area (Å²) in [5.74, 6) is 49.4. The number of unbranched alkanes of at least 4 members (excludes halogenated alkanes) is 26. The molecule has 3 rings (SSSR count). The van der Waals surface area contributed by atoms with Crippen molar-refractivity contribution >= 4 is 21.5 Å². The Morgan fingerprint density at radius 1 is 0.300 bits per heavy atom. The first-order chi connectivity index (χ1) is 34.8. The van der Waals surface area contributed by atoms with E-state index in [-0.39, 0.29) is 0 Å². The summed E-state index contributed by atoms with van der Waals surface area (Å²) in [4.78, 5) is 0. The van der Waals surface area contributed by atoms with Gasteiger partial charge in [0.1, 0.15) is 0 Å². The van der Waals surface area contributed by atoms with Crippen LogP contribution in [0.1, 0.15) is 230 Å². The second-order valence-electron chi connectivity index (χ2n) is 18.4. The number of rotatable bonds is 34. The molecule has 0 saturated heterocycles. The van der Waals surface area contributed by atoms with Gasteiger partial charge in [-0.1, -0.05) is 200 Å². The van der Waals surface area contributed by atoms with Crippen molar-refractivity contribution in [1.29, 1.82) is 0 Å². The van der Waals surface area contributed by atoms with E-state index in [4.69, 9.17) is 9.47 Å². The molecule has 0 amide bonds. The standard InChI is InChI=1S/C68H86O2/c1-3-5-7-9-11-13-15-17-19-21-23-25-27-29-31-33-35-37-39-41-43-45-47-49-57-69-61-65-55-51-53-63-60-68-64(59-67(63)65)54-52-56-66(68)62-70-58-50-48-46-44-42-40-38-36-34-32-30-28-26-24-22-20-18-16-14-12-10-8-6-4-2/h51-56,59-60H,3-16,25-30,39-50,57-58,61-62H2,1-2H3. The summed E-state index contributed by atoms with van der Waals surface area (Å²) in [6.07, 6.45) is 36.5. The van der Waals surface area contributed by atoms with Gasteiger partial charge in [0, 0.05) is 64.6 Å². The molecule has 0 atom stereocenters. The van der Waals surface area contributed by atoms with E-state index in [0.717, 1.165) is 103 Å². The average Bonchev–Trinajstić information content (AvgIpc) is 3.38. The van der Waals surface area contributed by atoms with Gasteiger partial charge in [0.05, 0.1) is 13.2 Å². The van der Waals surface area contributed by atoms with Gasteiger partial charge in [-0.3, -0.25) is 0 Å². The van der Waals surface area contributed by atoms with Crippen LogP contribution in [0.25, 0.3) is 21.5 Å². The van der Waals surface area contributed by atoms with E-state index in [1.54, 1.807) is 0 Å². The third kappa shape index (κ3) is 31.7. The van der Waals surface area contributed by atoms with Crippen molar-refractivity contribution < 1.29 is 9.47 Å². The maximum atomic E-state index is 6.19. The summed E-state index contributed by atoms with van der Waals surface area (Å²) in [5, 5.41) is 5.05. The lowest BCUT2D eigenvalue weighted by atomic mass is 9.97. The van der Waals surface area contributed by atoms with Crippen molar-refractivity contribution in [2.24, 2.45) is 0 Å². The third-order valence-electron chi connectivity index (χ3n) is 12.2. The van der Waals surface area contributed by atoms with Crippen LogP contribution in [0.4, 0.5) is 0 Å². The number of ether oxygens (including phenoxy) is 2. The molecule has 0 aliphatic carbocycles. The highest BCUT2D eigenvalue weighted by atomic mass is 16.5. The fraction of sp³-hybridized carbons (Fsp3) is 0.559. The molecule has 2 nitrogen and oxygen atoms in total. The quantitative estimate of drug-likeness (QED) is 0.0337. The van der Waals surface area contributed by atoms with E-state index in [9.17, 15) is 0 Å². The Bertz CT molecular complexity index is 2220. The Balaban J connectivity index is 1.18. The smallest absolute Gasteiger partial charge is 0.0722 e. The number of benzene rings is 3. The number of fused-ring (bicyclic) bond motifs is 2. The van der Waals surface area contributed by atoms with Gasteiger partial charge in [0.25, 0.3) is 0 Å². The second kappa shape index (κ2) is 44.8. The molecule has 0 aromatic heterocycles. The Morgan fingerprint density at radius 3 is 0.886 bits per heavy atom. The first-order valence-corrected chi connectivity index (χ1v) is 27.7. The summed E-state index contributed by atoms with van der Waals surface area (Å²) < 4.78 is 12.4. The molecule has 0 aliphatic heterocycles. The normalized spacial score (nSPS) is 9.97. The molecular weight excluding hydrogens is 849 g/mol. The van der Waals surface area contributed by atoms with E-state index in [1.807, 2.05) is 0 Å². The van der Waals surface area contributed by atoms with Crippen molar-refractivity contribution in [2.75, 3.05) is 13.2 Å². The van der Waals surface area contributed by atoms with E-state index < -0.39 is 0 Å². The highest BCUT2D eigenvalue weighted by Gasteiger charge is 2.07. The van der Waals surface area contributed by atoms with E-state index in [0.29, 0.717) is 13.2 Å². The largest absolute Gasteiger partial charge is 0.377 e. The minimum absolute atomic E-state index is 0.638. The monoisotopic (exact) mass is 935 g/mol. The first-order valence-electron chi connectivity index (χ1n) is 27.7. The lowest BCUT2D eigenvalue weighted by molar-refractivity contribution is 0.117. The molecule has 70 heavy (non-hydrogen) atoms. The molecule has 0 saturated carbocycles. The van der Waals surface area contributed by atoms with Gasteiger partial charge in [-0.15, -0.1) is 0 Å². The van der Waals surface area contributed by atoms with Crippen LogP contribution in [0.2, 0.25) is 0 Å². The molecule has 0 aliphatic rings. The molecule has 370 valence electrons. The molecule has 3 aromatic carbocycles. The molecule has 0 radical (unpaired) electrons. The third-order valence-corrected chi connectivity index (χ3v) is 12.2. The zero-order valence-electron chi connectivity index (χ0n) is 43.9. The number of hydrogen-bond donors (Lipinski definition) is 0. The van der Waals surface area contributed by atoms with Crippen LogP contribution in [0.5, 0.6) is 0 Å². The lowest BCUT2D eigenvalue weighted by Gasteiger charge is -2.12. The summed E-state index contributed by atoms with van der Waals surface area (Å²) in [5.41, 5.74) is 2.50. The SMILES string of the molecule is CCCCCCCCC#CC#CCCCC#CC#CCCCCCCCOCc1cccc2cc3c(COCCCCCCCC#CC#CCCCC#CC#CCCCCCCCC)cccc3cc12. The first kappa shape index (κ1) is 58.9. The highest BCUT2D eigenvalue weighted by molar-refractivity contribution is 6.00. The van der Waals surface area contributed by atoms with Crippen LogP contribution >= 0.6 is 0 Å². The van der Waals surface area contributed by atoms with Gasteiger partial charge in [-0.2, -0.15) is 0 Å². The van der Waals surface area contributed by atoms with Crippen LogP contribution in [0.3, 0.4) is 0 Å². The summed E-state index contributed by atoms with van der Waals surface area (Å²) in [7, 11) is 0. The molecule has 0 bridgehead atoms. The zero-order chi connectivity index (χ0) is 49.3. The summed E-state index contributed by atoms with van der Waals surface area (Å²) in [6.45, 7) is 7.36. The van der Waals surface area contributed by atoms with Crippen molar-refractivity contribution in [3.8, 4) is 94.7 Å². The molecular formula is C68H86O2. The molecule has 0 unspecified atom stereocenters. The van der Waals surface area contributed by atoms with E-state index >= 15 is 0 Å². The fourth-order valence-corrected chi connectivity index (χ4v) is 8.06. The van der Waals surface area contributed by atoms with Gasteiger partial charge in [-0.25, -0.2) is 0 Å². The summed E-state index contributed by atoms with van der Waals surface area (Å²) >= 11 is 0. The van der Waals surface area contributed by atoms with Crippen LogP contribution in [-0.2, 0) is 22.7 Å². The van der Waals surface area contributed by atoms with Crippen LogP contribution < -0.4 is 0 Å². The second-order valence-corrected chi connectivity index (χ2v) is 18.4. The highest BCUT2D eigenvalue weighted by Crippen LogP contribution is 2.29. The maximum absolute atomic E-state index is 6.19. The minimum Gasteiger partial charge on any atom is -0.377 e. The molecule has 2 heteroatoms. The average molecular weight is 935 g/mol. The Hall–Kier alpha value is -5.42. The summed E-state index contributed by atoms with van der Waals surface area (Å²) in [6, 6.07) is 17.8. The van der Waals surface area contributed by atoms with Gasteiger partial charge in [0.2, 0.25) is 0 Å². The molecule has 0 heterocycles. The topological polar surface area (TPSA) is 18.5 Å². The van der Waals surface area contributed by atoms with Gasteiger partial charge in [0.15, 0.2) is 0 Å². The van der Waals surface area contributed by atoms with Crippen LogP contribution in [-0.4, -0.2) is 13.2 Å². The Labute approximate surface area is 429 Å². The van der Waals surface area contributed by atoms with E-state index in [1.165, 1.54) is 148 Å². The van der Waals surface area contributed by atoms with Crippen molar-refractivity contribution in [1.82, 2.24) is 0 Å². The van der Waals surface area contributed by atoms with Gasteiger partial charge in [-0.05, 0) is 144 Å². The van der Waals surface area contributed by atoms with Crippen molar-refractivity contribution in [3.05, 3.63) is 59.7 Å². The molecule has 3 aromatic rings. The predicted molar refractivity (Wildman–Crippen MR) is 302 cm³/mol. The molecule has 0 N–H and O–H groups in total. The number of hydrogen-bond acceptors (Lipinski definition) is 2. The Kier molecular flexibility index (Phi) is 37.7. The van der Waals surface area contributed by atoms with Crippen LogP contribution in [0, 0.1) is 94.7 Å².